The van der Waals surface area contributed by atoms with E-state index in [1.54, 1.807) is 0 Å². The van der Waals surface area contributed by atoms with Gasteiger partial charge in [-0.3, -0.25) is 9.69 Å². The highest BCUT2D eigenvalue weighted by atomic mass is 16.1. The summed E-state index contributed by atoms with van der Waals surface area (Å²) in [4.78, 5) is 14.4. The molecule has 1 aliphatic heterocycles. The summed E-state index contributed by atoms with van der Waals surface area (Å²) in [5, 5.41) is 0. The van der Waals surface area contributed by atoms with Gasteiger partial charge in [-0.05, 0) is 40.7 Å². The zero-order chi connectivity index (χ0) is 14.5. The fourth-order valence-corrected chi connectivity index (χ4v) is 3.69. The number of nitrogens with zero attached hydrogens (tertiary/aromatic N) is 1. The lowest BCUT2D eigenvalue weighted by Crippen LogP contribution is -2.61. The minimum absolute atomic E-state index is 0.0300. The van der Waals surface area contributed by atoms with Crippen molar-refractivity contribution >= 4 is 5.78 Å². The number of rotatable bonds is 7. The fourth-order valence-electron chi connectivity index (χ4n) is 3.69. The van der Waals surface area contributed by atoms with E-state index in [1.807, 2.05) is 0 Å². The van der Waals surface area contributed by atoms with Gasteiger partial charge in [-0.25, -0.2) is 0 Å². The lowest BCUT2D eigenvalue weighted by atomic mass is 9.79. The summed E-state index contributed by atoms with van der Waals surface area (Å²) in [5.74, 6) is 0.425. The van der Waals surface area contributed by atoms with Gasteiger partial charge in [0.25, 0.3) is 0 Å². The molecule has 1 saturated heterocycles. The van der Waals surface area contributed by atoms with Crippen molar-refractivity contribution in [2.75, 3.05) is 6.54 Å². The molecular weight excluding hydrogens is 234 g/mol. The lowest BCUT2D eigenvalue weighted by Gasteiger charge is -2.52. The molecule has 1 rings (SSSR count). The average molecular weight is 267 g/mol. The maximum Gasteiger partial charge on any atom is 0.136 e. The third kappa shape index (κ3) is 4.91. The van der Waals surface area contributed by atoms with Crippen LogP contribution in [-0.2, 0) is 4.79 Å². The highest BCUT2D eigenvalue weighted by Crippen LogP contribution is 2.36. The number of likely N-dealkylation sites (tertiary alicyclic amines) is 1. The highest BCUT2D eigenvalue weighted by Gasteiger charge is 2.44. The van der Waals surface area contributed by atoms with E-state index >= 15 is 0 Å². The first-order valence-corrected chi connectivity index (χ1v) is 8.09. The van der Waals surface area contributed by atoms with Gasteiger partial charge < -0.3 is 0 Å². The summed E-state index contributed by atoms with van der Waals surface area (Å²) in [6.07, 6.45) is 9.45. The first kappa shape index (κ1) is 16.7. The summed E-state index contributed by atoms with van der Waals surface area (Å²) in [6, 6.07) is 0. The molecule has 1 aliphatic rings. The van der Waals surface area contributed by atoms with Gasteiger partial charge in [0.2, 0.25) is 0 Å². The van der Waals surface area contributed by atoms with Crippen molar-refractivity contribution in [1.82, 2.24) is 4.90 Å². The molecule has 0 aromatic carbocycles. The Hall–Kier alpha value is -0.370. The minimum atomic E-state index is 0.0300. The molecule has 19 heavy (non-hydrogen) atoms. The number of ketones is 1. The summed E-state index contributed by atoms with van der Waals surface area (Å²) in [5.41, 5.74) is 0.0600. The van der Waals surface area contributed by atoms with Crippen molar-refractivity contribution in [3.63, 3.8) is 0 Å². The molecule has 0 atom stereocenters. The summed E-state index contributed by atoms with van der Waals surface area (Å²) < 4.78 is 0. The van der Waals surface area contributed by atoms with Crippen LogP contribution < -0.4 is 0 Å². The Morgan fingerprint density at radius 1 is 0.895 bits per heavy atom. The average Bonchev–Trinajstić information content (AvgIpc) is 2.23. The predicted molar refractivity (Wildman–Crippen MR) is 82.5 cm³/mol. The number of piperidine rings is 1. The molecule has 0 unspecified atom stereocenters. The molecule has 0 aliphatic carbocycles. The molecule has 2 nitrogen and oxygen atoms in total. The van der Waals surface area contributed by atoms with Gasteiger partial charge in [0.1, 0.15) is 5.78 Å². The van der Waals surface area contributed by atoms with Crippen molar-refractivity contribution in [2.45, 2.75) is 97.1 Å². The maximum absolute atomic E-state index is 11.9. The van der Waals surface area contributed by atoms with Gasteiger partial charge >= 0.3 is 0 Å². The molecule has 0 aromatic heterocycles. The zero-order valence-electron chi connectivity index (χ0n) is 13.7. The van der Waals surface area contributed by atoms with Crippen LogP contribution in [0.15, 0.2) is 0 Å². The Labute approximate surface area is 119 Å². The molecule has 2 heteroatoms. The van der Waals surface area contributed by atoms with E-state index in [0.29, 0.717) is 18.6 Å². The Morgan fingerprint density at radius 3 is 1.89 bits per heavy atom. The summed E-state index contributed by atoms with van der Waals surface area (Å²) >= 11 is 0. The van der Waals surface area contributed by atoms with Crippen LogP contribution in [0.4, 0.5) is 0 Å². The number of hydrogen-bond acceptors (Lipinski definition) is 2. The molecule has 1 heterocycles. The number of carbonyl (C=O) groups is 1. The van der Waals surface area contributed by atoms with Gasteiger partial charge in [-0.1, -0.05) is 39.0 Å². The van der Waals surface area contributed by atoms with E-state index in [2.05, 4.69) is 39.5 Å². The van der Waals surface area contributed by atoms with Gasteiger partial charge in [-0.15, -0.1) is 0 Å². The topological polar surface area (TPSA) is 20.3 Å². The second kappa shape index (κ2) is 6.88. The van der Waals surface area contributed by atoms with Gasteiger partial charge in [0.15, 0.2) is 0 Å². The third-order valence-corrected chi connectivity index (χ3v) is 4.46. The predicted octanol–water partition coefficient (Wildman–Crippen LogP) is 4.57. The fraction of sp³-hybridized carbons (Fsp3) is 0.941. The second-order valence-electron chi connectivity index (χ2n) is 7.44. The molecule has 0 spiro atoms. The van der Waals surface area contributed by atoms with Crippen molar-refractivity contribution in [1.29, 1.82) is 0 Å². The summed E-state index contributed by atoms with van der Waals surface area (Å²) in [7, 11) is 0. The first-order chi connectivity index (χ1) is 8.79. The van der Waals surface area contributed by atoms with Crippen LogP contribution in [-0.4, -0.2) is 28.3 Å². The Bertz CT molecular complexity index is 274. The molecule has 0 bridgehead atoms. The van der Waals surface area contributed by atoms with E-state index in [9.17, 15) is 4.79 Å². The van der Waals surface area contributed by atoms with Gasteiger partial charge in [-0.2, -0.15) is 0 Å². The van der Waals surface area contributed by atoms with Crippen LogP contribution >= 0.6 is 0 Å². The summed E-state index contributed by atoms with van der Waals surface area (Å²) in [6.45, 7) is 12.3. The number of hydrogen-bond donors (Lipinski definition) is 0. The molecular formula is C17H33NO. The van der Waals surface area contributed by atoms with E-state index in [0.717, 1.165) is 6.54 Å². The normalized spacial score (nSPS) is 22.7. The van der Waals surface area contributed by atoms with Crippen LogP contribution in [0.5, 0.6) is 0 Å². The SMILES string of the molecule is CCCCCCCCN1C(C)(C)CC(=O)CC1(C)C. The van der Waals surface area contributed by atoms with Crippen molar-refractivity contribution in [3.05, 3.63) is 0 Å². The molecule has 0 aromatic rings. The van der Waals surface area contributed by atoms with E-state index < -0.39 is 0 Å². The van der Waals surface area contributed by atoms with Crippen molar-refractivity contribution in [2.24, 2.45) is 0 Å². The Balaban J connectivity index is 2.43. The molecule has 1 fully saturated rings. The largest absolute Gasteiger partial charge is 0.300 e. The van der Waals surface area contributed by atoms with Crippen LogP contribution in [0.3, 0.4) is 0 Å². The van der Waals surface area contributed by atoms with Crippen LogP contribution in [0.1, 0.15) is 86.0 Å². The van der Waals surface area contributed by atoms with E-state index in [4.69, 9.17) is 0 Å². The first-order valence-electron chi connectivity index (χ1n) is 8.09. The monoisotopic (exact) mass is 267 g/mol. The Morgan fingerprint density at radius 2 is 1.37 bits per heavy atom. The molecule has 0 radical (unpaired) electrons. The number of Topliss-reactive ketones (excluding diaryl/α,β-unsaturated/α-hetero) is 1. The van der Waals surface area contributed by atoms with Crippen LogP contribution in [0, 0.1) is 0 Å². The molecule has 0 N–H and O–H groups in total. The molecule has 0 amide bonds. The maximum atomic E-state index is 11.9. The molecule has 0 saturated carbocycles. The van der Waals surface area contributed by atoms with Crippen molar-refractivity contribution in [3.8, 4) is 0 Å². The highest BCUT2D eigenvalue weighted by molar-refractivity contribution is 5.81. The Kier molecular flexibility index (Phi) is 6.04. The minimum Gasteiger partial charge on any atom is -0.300 e. The number of carbonyl (C=O) groups excluding carboxylic acids is 1. The van der Waals surface area contributed by atoms with Crippen molar-refractivity contribution < 1.29 is 4.79 Å². The standard InChI is InChI=1S/C17H33NO/c1-6-7-8-9-10-11-12-18-16(2,3)13-15(19)14-17(18,4)5/h6-14H2,1-5H3. The smallest absolute Gasteiger partial charge is 0.136 e. The van der Waals surface area contributed by atoms with E-state index in [1.165, 1.54) is 38.5 Å². The van der Waals surface area contributed by atoms with Crippen LogP contribution in [0.2, 0.25) is 0 Å². The van der Waals surface area contributed by atoms with Crippen LogP contribution in [0.25, 0.3) is 0 Å². The zero-order valence-corrected chi connectivity index (χ0v) is 13.7. The quantitative estimate of drug-likeness (QED) is 0.630. The third-order valence-electron chi connectivity index (χ3n) is 4.46. The van der Waals surface area contributed by atoms with Gasteiger partial charge in [0.05, 0.1) is 0 Å². The lowest BCUT2D eigenvalue weighted by molar-refractivity contribution is -0.133. The molecule has 112 valence electrons. The second-order valence-corrected chi connectivity index (χ2v) is 7.44. The van der Waals surface area contributed by atoms with Gasteiger partial charge in [0, 0.05) is 23.9 Å². The van der Waals surface area contributed by atoms with E-state index in [-0.39, 0.29) is 11.1 Å². The number of unbranched alkanes of at least 4 members (excludes halogenated alkanes) is 5.